The molecule has 0 spiro atoms. The van der Waals surface area contributed by atoms with Gasteiger partial charge in [0.1, 0.15) is 29.1 Å². The summed E-state index contributed by atoms with van der Waals surface area (Å²) in [6, 6.07) is 15.3. The normalized spacial score (nSPS) is 15.1. The number of carbonyl (C=O) groups is 3. The van der Waals surface area contributed by atoms with Crippen molar-refractivity contribution < 1.29 is 33.0 Å². The van der Waals surface area contributed by atoms with Gasteiger partial charge >= 0.3 is 6.03 Å². The first-order valence-corrected chi connectivity index (χ1v) is 11.4. The van der Waals surface area contributed by atoms with E-state index in [1.54, 1.807) is 42.5 Å². The molecule has 10 heteroatoms. The average Bonchev–Trinajstić information content (AvgIpc) is 3.12. The summed E-state index contributed by atoms with van der Waals surface area (Å²) in [5.74, 6) is -0.0309. The molecule has 1 aliphatic heterocycles. The second-order valence-electron chi connectivity index (χ2n) is 8.28. The molecule has 0 bridgehead atoms. The molecule has 4 rings (SSSR count). The molecular weight excluding hydrogens is 481 g/mol. The summed E-state index contributed by atoms with van der Waals surface area (Å²) >= 11 is 0. The van der Waals surface area contributed by atoms with Crippen LogP contribution in [0.2, 0.25) is 0 Å². The second kappa shape index (κ2) is 11.0. The summed E-state index contributed by atoms with van der Waals surface area (Å²) in [5, 5.41) is 2.74. The number of nitrogens with zero attached hydrogens (tertiary/aromatic N) is 2. The van der Waals surface area contributed by atoms with Gasteiger partial charge in [-0.1, -0.05) is 12.1 Å². The lowest BCUT2D eigenvalue weighted by Crippen LogP contribution is -2.37. The van der Waals surface area contributed by atoms with Crippen LogP contribution in [-0.2, 0) is 16.1 Å². The van der Waals surface area contributed by atoms with Crippen molar-refractivity contribution in [3.05, 3.63) is 78.1 Å². The molecule has 1 atom stereocenters. The summed E-state index contributed by atoms with van der Waals surface area (Å²) in [5.41, 5.74) is 1.34. The average molecular weight is 508 g/mol. The molecule has 1 aliphatic rings. The van der Waals surface area contributed by atoms with Crippen molar-refractivity contribution in [3.63, 3.8) is 0 Å². The van der Waals surface area contributed by atoms with E-state index < -0.39 is 29.7 Å². The van der Waals surface area contributed by atoms with Gasteiger partial charge in [-0.3, -0.25) is 9.59 Å². The van der Waals surface area contributed by atoms with E-state index in [0.717, 1.165) is 4.90 Å². The Labute approximate surface area is 213 Å². The van der Waals surface area contributed by atoms with Gasteiger partial charge in [-0.2, -0.15) is 0 Å². The lowest BCUT2D eigenvalue weighted by molar-refractivity contribution is -0.124. The molecule has 9 nitrogen and oxygen atoms in total. The van der Waals surface area contributed by atoms with Crippen molar-refractivity contribution in [3.8, 4) is 17.2 Å². The van der Waals surface area contributed by atoms with Crippen LogP contribution in [0.25, 0.3) is 0 Å². The molecule has 0 aromatic heterocycles. The van der Waals surface area contributed by atoms with Gasteiger partial charge in [0, 0.05) is 30.4 Å². The molecule has 192 valence electrons. The van der Waals surface area contributed by atoms with Crippen LogP contribution in [0.1, 0.15) is 12.0 Å². The van der Waals surface area contributed by atoms with Gasteiger partial charge in [0.15, 0.2) is 0 Å². The number of imide groups is 1. The SMILES string of the molecule is COc1cccc(CN2C(=O)N(c3ccc(F)cc3)C(=O)[C@H]2CC(=O)Nc2cc(OC)cc(OC)c2)c1. The molecular formula is C27H26FN3O6. The number of carbonyl (C=O) groups excluding carboxylic acids is 3. The van der Waals surface area contributed by atoms with E-state index in [-0.39, 0.29) is 18.7 Å². The van der Waals surface area contributed by atoms with E-state index in [4.69, 9.17) is 14.2 Å². The molecule has 0 radical (unpaired) electrons. The lowest BCUT2D eigenvalue weighted by atomic mass is 10.1. The largest absolute Gasteiger partial charge is 0.497 e. The number of benzene rings is 3. The molecule has 37 heavy (non-hydrogen) atoms. The van der Waals surface area contributed by atoms with Gasteiger partial charge < -0.3 is 24.4 Å². The van der Waals surface area contributed by atoms with Crippen LogP contribution in [0.4, 0.5) is 20.6 Å². The van der Waals surface area contributed by atoms with E-state index in [1.807, 2.05) is 0 Å². The summed E-state index contributed by atoms with van der Waals surface area (Å²) in [6.07, 6.45) is -0.300. The molecule has 1 heterocycles. The third-order valence-electron chi connectivity index (χ3n) is 5.90. The second-order valence-corrected chi connectivity index (χ2v) is 8.28. The lowest BCUT2D eigenvalue weighted by Gasteiger charge is -2.22. The standard InChI is InChI=1S/C27H26FN3O6/c1-35-21-6-4-5-17(11-21)16-30-24(26(33)31(27(30)34)20-9-7-18(28)8-10-20)15-25(32)29-19-12-22(36-2)14-23(13-19)37-3/h4-14,24H,15-16H2,1-3H3,(H,29,32)/t24-/m1/s1. The zero-order valence-corrected chi connectivity index (χ0v) is 20.6. The van der Waals surface area contributed by atoms with Crippen molar-refractivity contribution in [2.75, 3.05) is 31.5 Å². The summed E-state index contributed by atoms with van der Waals surface area (Å²) < 4.78 is 29.2. The maximum absolute atomic E-state index is 13.5. The summed E-state index contributed by atoms with van der Waals surface area (Å²) in [4.78, 5) is 42.2. The fourth-order valence-electron chi connectivity index (χ4n) is 4.08. The number of amides is 4. The number of hydrogen-bond donors (Lipinski definition) is 1. The highest BCUT2D eigenvalue weighted by Crippen LogP contribution is 2.30. The Morgan fingerprint density at radius 2 is 1.54 bits per heavy atom. The minimum Gasteiger partial charge on any atom is -0.497 e. The molecule has 1 saturated heterocycles. The van der Waals surface area contributed by atoms with Gasteiger partial charge in [0.25, 0.3) is 5.91 Å². The van der Waals surface area contributed by atoms with Gasteiger partial charge in [-0.25, -0.2) is 14.1 Å². The minimum atomic E-state index is -1.09. The third kappa shape index (κ3) is 5.64. The van der Waals surface area contributed by atoms with Gasteiger partial charge in [0.2, 0.25) is 5.91 Å². The number of halogens is 1. The molecule has 1 fully saturated rings. The van der Waals surface area contributed by atoms with Crippen molar-refractivity contribution in [2.24, 2.45) is 0 Å². The van der Waals surface area contributed by atoms with Crippen molar-refractivity contribution in [1.82, 2.24) is 4.90 Å². The monoisotopic (exact) mass is 507 g/mol. The predicted octanol–water partition coefficient (Wildman–Crippen LogP) is 4.22. The molecule has 1 N–H and O–H groups in total. The molecule has 0 unspecified atom stereocenters. The number of urea groups is 1. The highest BCUT2D eigenvalue weighted by molar-refractivity contribution is 6.22. The number of nitrogens with one attached hydrogen (secondary N) is 1. The Bertz CT molecular complexity index is 1290. The Balaban J connectivity index is 1.61. The first-order chi connectivity index (χ1) is 17.8. The van der Waals surface area contributed by atoms with Crippen molar-refractivity contribution >= 4 is 29.2 Å². The first-order valence-electron chi connectivity index (χ1n) is 11.4. The maximum atomic E-state index is 13.5. The zero-order chi connectivity index (χ0) is 26.5. The van der Waals surface area contributed by atoms with Crippen LogP contribution in [0.3, 0.4) is 0 Å². The molecule has 3 aromatic carbocycles. The van der Waals surface area contributed by atoms with E-state index in [9.17, 15) is 18.8 Å². The molecule has 0 saturated carbocycles. The fourth-order valence-corrected chi connectivity index (χ4v) is 4.08. The maximum Gasteiger partial charge on any atom is 0.332 e. The fraction of sp³-hybridized carbons (Fsp3) is 0.222. The molecule has 0 aliphatic carbocycles. The quantitative estimate of drug-likeness (QED) is 0.436. The van der Waals surface area contributed by atoms with Crippen molar-refractivity contribution in [1.29, 1.82) is 0 Å². The highest BCUT2D eigenvalue weighted by Gasteiger charge is 2.46. The van der Waals surface area contributed by atoms with Gasteiger partial charge in [-0.15, -0.1) is 0 Å². The topological polar surface area (TPSA) is 97.4 Å². The van der Waals surface area contributed by atoms with Crippen molar-refractivity contribution in [2.45, 2.75) is 19.0 Å². The highest BCUT2D eigenvalue weighted by atomic mass is 19.1. The number of methoxy groups -OCH3 is 3. The predicted molar refractivity (Wildman–Crippen MR) is 134 cm³/mol. The van der Waals surface area contributed by atoms with Gasteiger partial charge in [-0.05, 0) is 42.0 Å². The van der Waals surface area contributed by atoms with E-state index in [0.29, 0.717) is 28.5 Å². The summed E-state index contributed by atoms with van der Waals surface area (Å²) in [7, 11) is 4.51. The third-order valence-corrected chi connectivity index (χ3v) is 5.90. The van der Waals surface area contributed by atoms with Crippen LogP contribution in [0, 0.1) is 5.82 Å². The zero-order valence-electron chi connectivity index (χ0n) is 20.6. The van der Waals surface area contributed by atoms with E-state index in [2.05, 4.69) is 5.32 Å². The molecule has 4 amide bonds. The van der Waals surface area contributed by atoms with Crippen LogP contribution in [0.5, 0.6) is 17.2 Å². The smallest absolute Gasteiger partial charge is 0.332 e. The number of ether oxygens (including phenoxy) is 3. The Morgan fingerprint density at radius 3 is 2.16 bits per heavy atom. The van der Waals surface area contributed by atoms with E-state index in [1.165, 1.54) is 50.5 Å². The van der Waals surface area contributed by atoms with Crippen LogP contribution < -0.4 is 24.4 Å². The van der Waals surface area contributed by atoms with Crippen LogP contribution >= 0.6 is 0 Å². The van der Waals surface area contributed by atoms with Gasteiger partial charge in [0.05, 0.1) is 33.4 Å². The Morgan fingerprint density at radius 1 is 0.892 bits per heavy atom. The van der Waals surface area contributed by atoms with Crippen LogP contribution in [-0.4, -0.2) is 50.1 Å². The minimum absolute atomic E-state index is 0.0599. The molecule has 3 aromatic rings. The Kier molecular flexibility index (Phi) is 7.57. The summed E-state index contributed by atoms with van der Waals surface area (Å²) in [6.45, 7) is 0.0599. The number of rotatable bonds is 9. The van der Waals surface area contributed by atoms with Crippen LogP contribution in [0.15, 0.2) is 66.7 Å². The Hall–Kier alpha value is -4.60. The number of hydrogen-bond acceptors (Lipinski definition) is 6. The van der Waals surface area contributed by atoms with E-state index >= 15 is 0 Å². The number of anilines is 2. The first kappa shape index (κ1) is 25.5.